The lowest BCUT2D eigenvalue weighted by Gasteiger charge is -2.22. The molecule has 0 spiro atoms. The molecule has 16 heavy (non-hydrogen) atoms. The first-order valence-electron chi connectivity index (χ1n) is 4.82. The molecule has 1 aliphatic carbocycles. The number of hydrogen-bond acceptors (Lipinski definition) is 6. The van der Waals surface area contributed by atoms with Gasteiger partial charge in [-0.15, -0.1) is 0 Å². The molecule has 2 unspecified atom stereocenters. The summed E-state index contributed by atoms with van der Waals surface area (Å²) in [5.41, 5.74) is 0.340. The number of rotatable bonds is 0. The van der Waals surface area contributed by atoms with E-state index >= 15 is 0 Å². The second kappa shape index (κ2) is 2.78. The van der Waals surface area contributed by atoms with Crippen molar-refractivity contribution in [2.45, 2.75) is 12.8 Å². The van der Waals surface area contributed by atoms with E-state index in [1.807, 2.05) is 0 Å². The molecule has 0 aromatic rings. The van der Waals surface area contributed by atoms with Crippen LogP contribution in [-0.2, 0) is 28.7 Å². The highest BCUT2D eigenvalue weighted by Gasteiger charge is 2.53. The molecule has 0 aromatic heterocycles. The van der Waals surface area contributed by atoms with E-state index in [2.05, 4.69) is 9.47 Å². The van der Waals surface area contributed by atoms with E-state index in [0.717, 1.165) is 0 Å². The third-order valence-corrected chi connectivity index (χ3v) is 3.16. The van der Waals surface area contributed by atoms with Crippen LogP contribution in [0.5, 0.6) is 0 Å². The van der Waals surface area contributed by atoms with Gasteiger partial charge in [0, 0.05) is 11.5 Å². The second-order valence-electron chi connectivity index (χ2n) is 3.98. The molecule has 82 valence electrons. The summed E-state index contributed by atoms with van der Waals surface area (Å²) in [6.45, 7) is 0. The van der Waals surface area contributed by atoms with Crippen molar-refractivity contribution in [3.05, 3.63) is 11.1 Å². The summed E-state index contributed by atoms with van der Waals surface area (Å²) in [6, 6.07) is 0. The lowest BCUT2D eigenvalue weighted by Crippen LogP contribution is -2.33. The Morgan fingerprint density at radius 3 is 2.38 bits per heavy atom. The lowest BCUT2D eigenvalue weighted by molar-refractivity contribution is -0.164. The number of carbonyl (C=O) groups is 4. The van der Waals surface area contributed by atoms with Gasteiger partial charge in [-0.25, -0.2) is 9.59 Å². The number of hydrogen-bond donors (Lipinski definition) is 0. The number of cyclic esters (lactones) is 4. The fourth-order valence-corrected chi connectivity index (χ4v) is 2.47. The average Bonchev–Trinajstić information content (AvgIpc) is 2.52. The molecule has 3 aliphatic rings. The molecule has 3 rings (SSSR count). The molecule has 2 atom stereocenters. The third-order valence-electron chi connectivity index (χ3n) is 3.16. The summed E-state index contributed by atoms with van der Waals surface area (Å²) in [7, 11) is 0. The van der Waals surface area contributed by atoms with E-state index in [9.17, 15) is 19.2 Å². The van der Waals surface area contributed by atoms with Crippen LogP contribution in [0, 0.1) is 11.8 Å². The quantitative estimate of drug-likeness (QED) is 0.404. The van der Waals surface area contributed by atoms with E-state index in [1.54, 1.807) is 0 Å². The molecule has 2 aliphatic heterocycles. The van der Waals surface area contributed by atoms with Crippen molar-refractivity contribution in [3.8, 4) is 0 Å². The zero-order valence-electron chi connectivity index (χ0n) is 8.02. The number of ether oxygens (including phenoxy) is 2. The molecule has 0 saturated carbocycles. The Morgan fingerprint density at radius 2 is 1.62 bits per heavy atom. The van der Waals surface area contributed by atoms with Gasteiger partial charge in [-0.3, -0.25) is 9.59 Å². The maximum absolute atomic E-state index is 11.5. The van der Waals surface area contributed by atoms with Gasteiger partial charge in [0.2, 0.25) is 0 Å². The average molecular weight is 222 g/mol. The second-order valence-corrected chi connectivity index (χ2v) is 3.98. The van der Waals surface area contributed by atoms with Gasteiger partial charge in [0.05, 0.1) is 17.9 Å². The van der Waals surface area contributed by atoms with Crippen LogP contribution >= 0.6 is 0 Å². The minimum atomic E-state index is -0.814. The van der Waals surface area contributed by atoms with Crippen LogP contribution < -0.4 is 0 Å². The van der Waals surface area contributed by atoms with Crippen LogP contribution in [0.3, 0.4) is 0 Å². The molecule has 0 radical (unpaired) electrons. The predicted molar refractivity (Wildman–Crippen MR) is 45.4 cm³/mol. The number of carbonyl (C=O) groups excluding carboxylic acids is 4. The number of esters is 4. The summed E-state index contributed by atoms with van der Waals surface area (Å²) in [5, 5.41) is 0. The predicted octanol–water partition coefficient (Wildman–Crippen LogP) is -0.524. The van der Waals surface area contributed by atoms with Gasteiger partial charge in [-0.1, -0.05) is 0 Å². The first kappa shape index (κ1) is 9.26. The Morgan fingerprint density at radius 1 is 0.875 bits per heavy atom. The molecule has 2 fully saturated rings. The van der Waals surface area contributed by atoms with Crippen LogP contribution in [0.2, 0.25) is 0 Å². The molecular formula is C10H6O6. The lowest BCUT2D eigenvalue weighted by atomic mass is 9.87. The third kappa shape index (κ3) is 1.01. The summed E-state index contributed by atoms with van der Waals surface area (Å²) < 4.78 is 8.93. The first-order chi connectivity index (χ1) is 7.58. The standard InChI is InChI=1S/C10H6O6/c11-6-2-3-4-1-5(7(3)10(14)15-6)9(13)16-8(4)12/h3-4H,1-2H2. The molecule has 0 N–H and O–H groups in total. The van der Waals surface area contributed by atoms with Crippen LogP contribution in [0.4, 0.5) is 0 Å². The smallest absolute Gasteiger partial charge is 0.342 e. The van der Waals surface area contributed by atoms with E-state index in [-0.39, 0.29) is 24.0 Å². The fraction of sp³-hybridized carbons (Fsp3) is 0.400. The topological polar surface area (TPSA) is 86.7 Å². The largest absolute Gasteiger partial charge is 0.390 e. The SMILES string of the molecule is O=C1CC2C(=C3CC2C(=O)OC3=O)C(=O)O1. The van der Waals surface area contributed by atoms with Crippen molar-refractivity contribution >= 4 is 23.9 Å². The Hall–Kier alpha value is -1.98. The highest BCUT2D eigenvalue weighted by Crippen LogP contribution is 2.45. The first-order valence-corrected chi connectivity index (χ1v) is 4.82. The monoisotopic (exact) mass is 222 g/mol. The van der Waals surface area contributed by atoms with Gasteiger partial charge in [0.1, 0.15) is 0 Å². The van der Waals surface area contributed by atoms with Crippen molar-refractivity contribution in [3.63, 3.8) is 0 Å². The summed E-state index contributed by atoms with van der Waals surface area (Å²) >= 11 is 0. The van der Waals surface area contributed by atoms with Crippen LogP contribution in [0.15, 0.2) is 11.1 Å². The minimum Gasteiger partial charge on any atom is -0.390 e. The Kier molecular flexibility index (Phi) is 1.61. The Balaban J connectivity index is 2.13. The summed E-state index contributed by atoms with van der Waals surface area (Å²) in [6.07, 6.45) is 0.137. The fourth-order valence-electron chi connectivity index (χ4n) is 2.47. The van der Waals surface area contributed by atoms with Gasteiger partial charge in [0.15, 0.2) is 0 Å². The molecular weight excluding hydrogens is 216 g/mol. The zero-order valence-corrected chi connectivity index (χ0v) is 8.02. The summed E-state index contributed by atoms with van der Waals surface area (Å²) in [4.78, 5) is 45.3. The zero-order chi connectivity index (χ0) is 11.4. The summed E-state index contributed by atoms with van der Waals surface area (Å²) in [5.74, 6) is -4.04. The minimum absolute atomic E-state index is 0.0440. The Bertz CT molecular complexity index is 486. The molecule has 0 amide bonds. The van der Waals surface area contributed by atoms with E-state index in [4.69, 9.17) is 0 Å². The van der Waals surface area contributed by atoms with Gasteiger partial charge in [-0.2, -0.15) is 0 Å². The maximum Gasteiger partial charge on any atom is 0.342 e. The van der Waals surface area contributed by atoms with Crippen molar-refractivity contribution in [2.24, 2.45) is 11.8 Å². The molecule has 0 aromatic carbocycles. The van der Waals surface area contributed by atoms with Crippen molar-refractivity contribution < 1.29 is 28.7 Å². The van der Waals surface area contributed by atoms with Crippen LogP contribution in [0.1, 0.15) is 12.8 Å². The molecule has 2 heterocycles. The maximum atomic E-state index is 11.5. The van der Waals surface area contributed by atoms with Crippen LogP contribution in [0.25, 0.3) is 0 Å². The van der Waals surface area contributed by atoms with E-state index in [1.165, 1.54) is 0 Å². The van der Waals surface area contributed by atoms with Gasteiger partial charge >= 0.3 is 23.9 Å². The number of fused-ring (bicyclic) bond motifs is 4. The Labute approximate surface area is 89.2 Å². The molecule has 2 bridgehead atoms. The van der Waals surface area contributed by atoms with Crippen molar-refractivity contribution in [2.75, 3.05) is 0 Å². The van der Waals surface area contributed by atoms with Crippen molar-refractivity contribution in [1.82, 2.24) is 0 Å². The highest BCUT2D eigenvalue weighted by atomic mass is 16.6. The normalized spacial score (nSPS) is 32.5. The van der Waals surface area contributed by atoms with Gasteiger partial charge in [-0.05, 0) is 6.42 Å². The highest BCUT2D eigenvalue weighted by molar-refractivity contribution is 6.12. The van der Waals surface area contributed by atoms with E-state index < -0.39 is 35.7 Å². The van der Waals surface area contributed by atoms with Crippen LogP contribution in [-0.4, -0.2) is 23.9 Å². The molecule has 6 heteroatoms. The molecule has 2 saturated heterocycles. The van der Waals surface area contributed by atoms with E-state index in [0.29, 0.717) is 0 Å². The van der Waals surface area contributed by atoms with Gasteiger partial charge in [0.25, 0.3) is 0 Å². The molecule has 6 nitrogen and oxygen atoms in total. The van der Waals surface area contributed by atoms with Crippen molar-refractivity contribution in [1.29, 1.82) is 0 Å². The van der Waals surface area contributed by atoms with Gasteiger partial charge < -0.3 is 9.47 Å².